The summed E-state index contributed by atoms with van der Waals surface area (Å²) in [5.74, 6) is 0.281. The predicted molar refractivity (Wildman–Crippen MR) is 55.8 cm³/mol. The zero-order chi connectivity index (χ0) is 9.42. The summed E-state index contributed by atoms with van der Waals surface area (Å²) in [7, 11) is 0. The lowest BCUT2D eigenvalue weighted by atomic mass is 10.1. The van der Waals surface area contributed by atoms with E-state index in [0.717, 1.165) is 20.9 Å². The van der Waals surface area contributed by atoms with Gasteiger partial charge < -0.3 is 5.11 Å². The molecule has 2 rings (SSSR count). The van der Waals surface area contributed by atoms with Crippen LogP contribution in [0.3, 0.4) is 0 Å². The van der Waals surface area contributed by atoms with E-state index in [1.54, 1.807) is 12.3 Å². The van der Waals surface area contributed by atoms with Crippen LogP contribution in [-0.4, -0.2) is 10.1 Å². The molecule has 0 aliphatic carbocycles. The summed E-state index contributed by atoms with van der Waals surface area (Å²) in [6.45, 7) is 1.95. The van der Waals surface area contributed by atoms with Crippen LogP contribution in [0.2, 0.25) is 0 Å². The monoisotopic (exact) mass is 237 g/mol. The normalized spacial score (nSPS) is 10.6. The zero-order valence-corrected chi connectivity index (χ0v) is 8.67. The van der Waals surface area contributed by atoms with Gasteiger partial charge in [0, 0.05) is 16.1 Å². The lowest BCUT2D eigenvalue weighted by Crippen LogP contribution is -1.83. The van der Waals surface area contributed by atoms with E-state index in [9.17, 15) is 5.11 Å². The van der Waals surface area contributed by atoms with Gasteiger partial charge in [-0.1, -0.05) is 6.07 Å². The van der Waals surface area contributed by atoms with Gasteiger partial charge in [-0.3, -0.25) is 4.98 Å². The highest BCUT2D eigenvalue weighted by atomic mass is 79.9. The number of fused-ring (bicyclic) bond motifs is 1. The van der Waals surface area contributed by atoms with Gasteiger partial charge in [-0.15, -0.1) is 0 Å². The number of aryl methyl sites for hydroxylation is 1. The molecule has 0 unspecified atom stereocenters. The molecule has 0 fully saturated rings. The molecule has 2 nitrogen and oxygen atoms in total. The Morgan fingerprint density at radius 2 is 2.08 bits per heavy atom. The number of nitrogens with zero attached hydrogens (tertiary/aromatic N) is 1. The first-order valence-corrected chi connectivity index (χ1v) is 4.72. The topological polar surface area (TPSA) is 33.1 Å². The number of aromatic nitrogens is 1. The Morgan fingerprint density at radius 3 is 2.77 bits per heavy atom. The summed E-state index contributed by atoms with van der Waals surface area (Å²) in [6.07, 6.45) is 1.60. The minimum absolute atomic E-state index is 0.281. The summed E-state index contributed by atoms with van der Waals surface area (Å²) in [4.78, 5) is 4.20. The number of pyridine rings is 1. The van der Waals surface area contributed by atoms with Crippen LogP contribution in [0.25, 0.3) is 10.9 Å². The fourth-order valence-electron chi connectivity index (χ4n) is 1.38. The van der Waals surface area contributed by atoms with Gasteiger partial charge in [-0.05, 0) is 40.5 Å². The third kappa shape index (κ3) is 1.29. The minimum atomic E-state index is 0.281. The molecule has 2 aromatic rings. The molecule has 0 spiro atoms. The van der Waals surface area contributed by atoms with E-state index in [2.05, 4.69) is 20.9 Å². The maximum atomic E-state index is 9.62. The number of aromatic hydroxyl groups is 1. The lowest BCUT2D eigenvalue weighted by molar-refractivity contribution is 0.481. The smallest absolute Gasteiger partial charge is 0.126 e. The highest BCUT2D eigenvalue weighted by Gasteiger charge is 2.05. The van der Waals surface area contributed by atoms with Crippen LogP contribution in [0.5, 0.6) is 5.75 Å². The van der Waals surface area contributed by atoms with Gasteiger partial charge in [-0.2, -0.15) is 0 Å². The first-order chi connectivity index (χ1) is 6.20. The molecule has 0 saturated carbocycles. The third-order valence-electron chi connectivity index (χ3n) is 2.03. The molecule has 0 aliphatic heterocycles. The summed E-state index contributed by atoms with van der Waals surface area (Å²) in [6, 6.07) is 5.49. The Balaban J connectivity index is 3.00. The van der Waals surface area contributed by atoms with Crippen LogP contribution >= 0.6 is 15.9 Å². The zero-order valence-electron chi connectivity index (χ0n) is 7.08. The molecule has 1 aromatic carbocycles. The number of hydrogen-bond donors (Lipinski definition) is 1. The van der Waals surface area contributed by atoms with Crippen LogP contribution in [-0.2, 0) is 0 Å². The molecule has 0 saturated heterocycles. The Labute approximate surface area is 84.4 Å². The van der Waals surface area contributed by atoms with Gasteiger partial charge >= 0.3 is 0 Å². The van der Waals surface area contributed by atoms with E-state index in [1.807, 2.05) is 19.1 Å². The molecule has 0 radical (unpaired) electrons. The van der Waals surface area contributed by atoms with Crippen molar-refractivity contribution >= 4 is 26.8 Å². The number of rotatable bonds is 0. The summed E-state index contributed by atoms with van der Waals surface area (Å²) >= 11 is 3.39. The van der Waals surface area contributed by atoms with Gasteiger partial charge in [0.05, 0.1) is 5.52 Å². The molecule has 0 bridgehead atoms. The fourth-order valence-corrected chi connectivity index (χ4v) is 1.81. The number of hydrogen-bond acceptors (Lipinski definition) is 2. The van der Waals surface area contributed by atoms with E-state index >= 15 is 0 Å². The molecule has 0 amide bonds. The van der Waals surface area contributed by atoms with Crippen LogP contribution in [0.4, 0.5) is 0 Å². The van der Waals surface area contributed by atoms with Crippen molar-refractivity contribution in [2.75, 3.05) is 0 Å². The first-order valence-electron chi connectivity index (χ1n) is 3.93. The molecular formula is C10H8BrNO. The Kier molecular flexibility index (Phi) is 1.96. The van der Waals surface area contributed by atoms with Crippen molar-refractivity contribution in [3.05, 3.63) is 34.4 Å². The van der Waals surface area contributed by atoms with Gasteiger partial charge in [0.15, 0.2) is 0 Å². The summed E-state index contributed by atoms with van der Waals surface area (Å²) in [5, 5.41) is 10.4. The quantitative estimate of drug-likeness (QED) is 0.765. The van der Waals surface area contributed by atoms with Crippen LogP contribution < -0.4 is 0 Å². The van der Waals surface area contributed by atoms with Crippen molar-refractivity contribution in [1.82, 2.24) is 4.98 Å². The van der Waals surface area contributed by atoms with Crippen molar-refractivity contribution in [3.8, 4) is 5.75 Å². The molecule has 13 heavy (non-hydrogen) atoms. The van der Waals surface area contributed by atoms with Gasteiger partial charge in [0.1, 0.15) is 5.75 Å². The Morgan fingerprint density at radius 1 is 1.31 bits per heavy atom. The molecule has 66 valence electrons. The molecule has 0 aliphatic rings. The fraction of sp³-hybridized carbons (Fsp3) is 0.100. The minimum Gasteiger partial charge on any atom is -0.507 e. The molecular weight excluding hydrogens is 230 g/mol. The summed E-state index contributed by atoms with van der Waals surface area (Å²) < 4.78 is 0.906. The Hall–Kier alpha value is -1.09. The van der Waals surface area contributed by atoms with E-state index in [-0.39, 0.29) is 5.75 Å². The van der Waals surface area contributed by atoms with Gasteiger partial charge in [-0.25, -0.2) is 0 Å². The van der Waals surface area contributed by atoms with Crippen molar-refractivity contribution in [2.45, 2.75) is 6.92 Å². The molecule has 1 N–H and O–H groups in total. The van der Waals surface area contributed by atoms with Crippen LogP contribution in [0.15, 0.2) is 28.9 Å². The standard InChI is InChI=1S/C10H8BrNO/c1-6-2-3-7(11)10-9(6)8(13)4-5-12-10/h2-5H,1H3,(H,12,13). The van der Waals surface area contributed by atoms with E-state index in [0.29, 0.717) is 0 Å². The third-order valence-corrected chi connectivity index (χ3v) is 2.67. The number of halogens is 1. The maximum absolute atomic E-state index is 9.62. The molecule has 0 atom stereocenters. The van der Waals surface area contributed by atoms with Crippen molar-refractivity contribution in [3.63, 3.8) is 0 Å². The van der Waals surface area contributed by atoms with Crippen LogP contribution in [0, 0.1) is 6.92 Å². The Bertz CT molecular complexity index is 459. The lowest BCUT2D eigenvalue weighted by Gasteiger charge is -2.04. The second-order valence-electron chi connectivity index (χ2n) is 2.92. The molecule has 3 heteroatoms. The highest BCUT2D eigenvalue weighted by Crippen LogP contribution is 2.30. The maximum Gasteiger partial charge on any atom is 0.126 e. The van der Waals surface area contributed by atoms with Crippen molar-refractivity contribution in [2.24, 2.45) is 0 Å². The average molecular weight is 238 g/mol. The molecule has 1 aromatic heterocycles. The number of benzene rings is 1. The van der Waals surface area contributed by atoms with E-state index in [4.69, 9.17) is 0 Å². The largest absolute Gasteiger partial charge is 0.507 e. The van der Waals surface area contributed by atoms with Crippen molar-refractivity contribution in [1.29, 1.82) is 0 Å². The van der Waals surface area contributed by atoms with E-state index < -0.39 is 0 Å². The van der Waals surface area contributed by atoms with E-state index in [1.165, 1.54) is 0 Å². The average Bonchev–Trinajstić information content (AvgIpc) is 2.12. The van der Waals surface area contributed by atoms with Gasteiger partial charge in [0.25, 0.3) is 0 Å². The summed E-state index contributed by atoms with van der Waals surface area (Å²) in [5.41, 5.74) is 1.84. The van der Waals surface area contributed by atoms with Crippen molar-refractivity contribution < 1.29 is 5.11 Å². The first kappa shape index (κ1) is 8.51. The SMILES string of the molecule is Cc1ccc(Br)c2nccc(O)c12. The molecule has 1 heterocycles. The van der Waals surface area contributed by atoms with Crippen LogP contribution in [0.1, 0.15) is 5.56 Å². The second kappa shape index (κ2) is 3.00. The van der Waals surface area contributed by atoms with Gasteiger partial charge in [0.2, 0.25) is 0 Å². The highest BCUT2D eigenvalue weighted by molar-refractivity contribution is 9.10. The predicted octanol–water partition coefficient (Wildman–Crippen LogP) is 3.01. The second-order valence-corrected chi connectivity index (χ2v) is 3.77.